The summed E-state index contributed by atoms with van der Waals surface area (Å²) in [7, 11) is 1.99. The minimum absolute atomic E-state index is 0.191. The third-order valence-corrected chi connectivity index (χ3v) is 12.2. The largest absolute Gasteiger partial charge is 0.351 e. The Kier molecular flexibility index (Phi) is 11.9. The van der Waals surface area contributed by atoms with Crippen molar-refractivity contribution in [3.63, 3.8) is 0 Å². The highest BCUT2D eigenvalue weighted by molar-refractivity contribution is 7.14. The van der Waals surface area contributed by atoms with Gasteiger partial charge in [-0.05, 0) is 88.3 Å². The Balaban J connectivity index is 0.726. The maximum Gasteiger partial charge on any atom is 0.315 e. The van der Waals surface area contributed by atoms with E-state index in [-0.39, 0.29) is 24.3 Å². The number of aromatic nitrogens is 4. The number of amides is 5. The van der Waals surface area contributed by atoms with Crippen molar-refractivity contribution in [2.24, 2.45) is 13.0 Å². The monoisotopic (exact) mass is 764 g/mol. The van der Waals surface area contributed by atoms with Crippen LogP contribution in [0.1, 0.15) is 103 Å². The smallest absolute Gasteiger partial charge is 0.315 e. The summed E-state index contributed by atoms with van der Waals surface area (Å²) in [5.74, 6) is 0.457. The lowest BCUT2D eigenvalue weighted by atomic mass is 9.91. The molecule has 53 heavy (non-hydrogen) atoms. The van der Waals surface area contributed by atoms with E-state index in [0.717, 1.165) is 91.9 Å². The van der Waals surface area contributed by atoms with Gasteiger partial charge in [0.05, 0.1) is 34.5 Å². The first-order chi connectivity index (χ1) is 25.7. The zero-order valence-corrected chi connectivity index (χ0v) is 31.8. The molecule has 5 N–H and O–H groups in total. The standard InChI is InChI=1S/C37H49ClN10O4S/c1-47-30(16-22-6-7-22)27(19-43-47)32-28(38)20-41-36(46-32)44-25-10-8-24(9-11-25)39-14-4-2-3-5-15-40-37(52)42-18-26-17-23-21-48(35(51)33(23)53-26)29-12-13-31(49)45-34(29)50/h17,19-20,22,24-25,29,39H,2-16,18,21H2,1H3,(H2,40,42,52)(H,41,44,46)(H,45,49,50). The Morgan fingerprint density at radius 3 is 2.51 bits per heavy atom. The number of fused-ring (bicyclic) bond motifs is 1. The molecule has 1 unspecified atom stereocenters. The third kappa shape index (κ3) is 9.36. The molecule has 14 nitrogen and oxygen atoms in total. The van der Waals surface area contributed by atoms with Crippen LogP contribution in [0.2, 0.25) is 5.02 Å². The molecule has 0 bridgehead atoms. The second-order valence-corrected chi connectivity index (χ2v) is 16.3. The Bertz CT molecular complexity index is 1820. The number of halogens is 1. The summed E-state index contributed by atoms with van der Waals surface area (Å²) >= 11 is 7.91. The lowest BCUT2D eigenvalue weighted by Crippen LogP contribution is -2.52. The predicted molar refractivity (Wildman–Crippen MR) is 202 cm³/mol. The first kappa shape index (κ1) is 37.2. The number of thiophene rings is 1. The van der Waals surface area contributed by atoms with Crippen LogP contribution in [0.5, 0.6) is 0 Å². The number of imide groups is 1. The van der Waals surface area contributed by atoms with Crippen LogP contribution in [-0.2, 0) is 36.1 Å². The molecule has 1 atom stereocenters. The molecule has 2 aliphatic heterocycles. The van der Waals surface area contributed by atoms with Crippen LogP contribution in [0.15, 0.2) is 18.5 Å². The number of anilines is 1. The Hall–Kier alpha value is -4.08. The summed E-state index contributed by atoms with van der Waals surface area (Å²) in [4.78, 5) is 61.3. The van der Waals surface area contributed by atoms with Crippen LogP contribution in [-0.4, -0.2) is 79.6 Å². The summed E-state index contributed by atoms with van der Waals surface area (Å²) in [6, 6.07) is 1.93. The van der Waals surface area contributed by atoms with Gasteiger partial charge in [0, 0.05) is 54.8 Å². The molecular formula is C37H49ClN10O4S. The number of hydrogen-bond acceptors (Lipinski definition) is 10. The van der Waals surface area contributed by atoms with Gasteiger partial charge < -0.3 is 26.2 Å². The van der Waals surface area contributed by atoms with Gasteiger partial charge in [-0.2, -0.15) is 5.10 Å². The Morgan fingerprint density at radius 1 is 0.981 bits per heavy atom. The van der Waals surface area contributed by atoms with Gasteiger partial charge >= 0.3 is 6.03 Å². The fourth-order valence-corrected chi connectivity index (χ4v) is 8.84. The van der Waals surface area contributed by atoms with E-state index in [4.69, 9.17) is 16.6 Å². The van der Waals surface area contributed by atoms with E-state index in [1.54, 1.807) is 6.20 Å². The second-order valence-electron chi connectivity index (χ2n) is 14.8. The van der Waals surface area contributed by atoms with Gasteiger partial charge in [-0.25, -0.2) is 14.8 Å². The summed E-state index contributed by atoms with van der Waals surface area (Å²) < 4.78 is 1.95. The zero-order chi connectivity index (χ0) is 36.9. The Labute approximate surface area is 318 Å². The summed E-state index contributed by atoms with van der Waals surface area (Å²) in [6.07, 6.45) is 16.2. The van der Waals surface area contributed by atoms with Crippen molar-refractivity contribution in [1.29, 1.82) is 0 Å². The molecule has 0 aromatic carbocycles. The normalized spacial score (nSPS) is 21.4. The van der Waals surface area contributed by atoms with E-state index in [9.17, 15) is 19.2 Å². The molecule has 3 aromatic heterocycles. The summed E-state index contributed by atoms with van der Waals surface area (Å²) in [5, 5.41) is 20.5. The van der Waals surface area contributed by atoms with Crippen LogP contribution in [0.3, 0.4) is 0 Å². The minimum Gasteiger partial charge on any atom is -0.351 e. The van der Waals surface area contributed by atoms with Crippen molar-refractivity contribution in [3.05, 3.63) is 44.5 Å². The highest BCUT2D eigenvalue weighted by Gasteiger charge is 2.40. The zero-order valence-electron chi connectivity index (χ0n) is 30.2. The molecule has 1 saturated heterocycles. The van der Waals surface area contributed by atoms with Crippen LogP contribution < -0.4 is 26.6 Å². The number of nitrogens with one attached hydrogen (secondary N) is 5. The number of piperidine rings is 1. The van der Waals surface area contributed by atoms with E-state index in [1.807, 2.05) is 24.0 Å². The van der Waals surface area contributed by atoms with E-state index in [0.29, 0.717) is 54.0 Å². The molecule has 5 heterocycles. The fourth-order valence-electron chi connectivity index (χ4n) is 7.58. The lowest BCUT2D eigenvalue weighted by Gasteiger charge is -2.30. The number of hydrogen-bond donors (Lipinski definition) is 5. The molecule has 0 spiro atoms. The molecule has 5 amide bonds. The molecule has 7 rings (SSSR count). The lowest BCUT2D eigenvalue weighted by molar-refractivity contribution is -0.136. The summed E-state index contributed by atoms with van der Waals surface area (Å²) in [6.45, 7) is 2.28. The number of aryl methyl sites for hydroxylation is 1. The van der Waals surface area contributed by atoms with E-state index in [2.05, 4.69) is 36.7 Å². The van der Waals surface area contributed by atoms with Crippen LogP contribution in [0, 0.1) is 5.92 Å². The molecule has 0 radical (unpaired) electrons. The van der Waals surface area contributed by atoms with Gasteiger partial charge in [0.1, 0.15) is 6.04 Å². The van der Waals surface area contributed by atoms with E-state index >= 15 is 0 Å². The Morgan fingerprint density at radius 2 is 1.75 bits per heavy atom. The van der Waals surface area contributed by atoms with Crippen molar-refractivity contribution < 1.29 is 19.2 Å². The van der Waals surface area contributed by atoms with Gasteiger partial charge in [0.25, 0.3) is 5.91 Å². The fraction of sp³-hybridized carbons (Fsp3) is 0.595. The molecule has 2 aliphatic carbocycles. The van der Waals surface area contributed by atoms with Gasteiger partial charge in [-0.1, -0.05) is 24.4 Å². The van der Waals surface area contributed by atoms with Crippen molar-refractivity contribution in [2.75, 3.05) is 18.4 Å². The number of rotatable bonds is 16. The van der Waals surface area contributed by atoms with Crippen LogP contribution in [0.25, 0.3) is 11.3 Å². The van der Waals surface area contributed by atoms with Gasteiger partial charge in [0.2, 0.25) is 17.8 Å². The number of urea groups is 1. The highest BCUT2D eigenvalue weighted by atomic mass is 35.5. The maximum absolute atomic E-state index is 12.9. The molecule has 16 heteroatoms. The first-order valence-corrected chi connectivity index (χ1v) is 20.2. The number of unbranched alkanes of at least 4 members (excludes halogenated alkanes) is 3. The SMILES string of the molecule is Cn1ncc(-c2nc(NC3CCC(NCCCCCCNC(=O)NCc4cc5c(s4)C(=O)N(C4CCC(=O)NC4=O)C5)CC3)ncc2Cl)c1CC1CC1. The van der Waals surface area contributed by atoms with E-state index < -0.39 is 11.9 Å². The molecular weight excluding hydrogens is 716 g/mol. The average Bonchev–Trinajstić information content (AvgIpc) is 3.66. The van der Waals surface area contributed by atoms with E-state index in [1.165, 1.54) is 34.8 Å². The van der Waals surface area contributed by atoms with Crippen molar-refractivity contribution >= 4 is 52.6 Å². The first-order valence-electron chi connectivity index (χ1n) is 19.0. The van der Waals surface area contributed by atoms with Gasteiger partial charge in [-0.3, -0.25) is 24.4 Å². The highest BCUT2D eigenvalue weighted by Crippen LogP contribution is 2.37. The quantitative estimate of drug-likeness (QED) is 0.103. The van der Waals surface area contributed by atoms with Crippen molar-refractivity contribution in [1.82, 2.24) is 45.9 Å². The average molecular weight is 765 g/mol. The van der Waals surface area contributed by atoms with Gasteiger partial charge in [0.15, 0.2) is 0 Å². The summed E-state index contributed by atoms with van der Waals surface area (Å²) in [5.41, 5.74) is 3.80. The molecule has 3 aromatic rings. The van der Waals surface area contributed by atoms with Gasteiger partial charge in [-0.15, -0.1) is 11.3 Å². The number of nitrogens with zero attached hydrogens (tertiary/aromatic N) is 5. The third-order valence-electron chi connectivity index (χ3n) is 10.8. The topological polar surface area (TPSA) is 175 Å². The molecule has 2 saturated carbocycles. The van der Waals surface area contributed by atoms with Crippen molar-refractivity contribution in [3.8, 4) is 11.3 Å². The van der Waals surface area contributed by atoms with Crippen LogP contribution >= 0.6 is 22.9 Å². The molecule has 3 fully saturated rings. The predicted octanol–water partition coefficient (Wildman–Crippen LogP) is 4.68. The van der Waals surface area contributed by atoms with Crippen molar-refractivity contribution in [2.45, 2.75) is 115 Å². The second kappa shape index (κ2) is 16.9. The molecule has 284 valence electrons. The molecule has 4 aliphatic rings. The minimum atomic E-state index is -0.618. The number of carbonyl (C=O) groups is 4. The number of carbonyl (C=O) groups excluding carboxylic acids is 4. The maximum atomic E-state index is 12.9. The van der Waals surface area contributed by atoms with Crippen LogP contribution in [0.4, 0.5) is 10.7 Å².